The van der Waals surface area contributed by atoms with Crippen molar-refractivity contribution in [1.82, 2.24) is 34.8 Å². The Labute approximate surface area is 172 Å². The minimum Gasteiger partial charge on any atom is -0.352 e. The van der Waals surface area contributed by atoms with Crippen LogP contribution in [0.3, 0.4) is 0 Å². The van der Waals surface area contributed by atoms with Gasteiger partial charge in [0.25, 0.3) is 5.91 Å². The number of aromatic nitrogens is 6. The van der Waals surface area contributed by atoms with Gasteiger partial charge in [0.2, 0.25) is 0 Å². The van der Waals surface area contributed by atoms with Crippen LogP contribution in [0.1, 0.15) is 21.9 Å². The number of nitrogens with one attached hydrogen (secondary N) is 2. The van der Waals surface area contributed by atoms with Crippen LogP contribution in [0, 0.1) is 11.7 Å². The van der Waals surface area contributed by atoms with Crippen molar-refractivity contribution in [2.24, 2.45) is 14.1 Å². The number of H-pyrrole nitrogens is 1. The number of hydrogen-bond donors (Lipinski definition) is 2. The molecule has 0 atom stereocenters. The number of hydrogen-bond acceptors (Lipinski definition) is 5. The molecule has 9 heteroatoms. The Morgan fingerprint density at radius 2 is 2.00 bits per heavy atom. The Kier molecular flexibility index (Phi) is 4.98. The van der Waals surface area contributed by atoms with E-state index in [9.17, 15) is 4.79 Å². The van der Waals surface area contributed by atoms with Crippen LogP contribution in [-0.2, 0) is 20.5 Å². The maximum atomic E-state index is 13.1. The van der Waals surface area contributed by atoms with Crippen molar-refractivity contribution in [3.63, 3.8) is 0 Å². The molecule has 1 aromatic carbocycles. The molecule has 0 saturated carbocycles. The lowest BCUT2D eigenvalue weighted by atomic mass is 10.0. The SMILES string of the molecule is Cc1nn(C)c2nc(-c3ccccc3)cc(C(=O)NCCc3n[nH]c(=S)n3C)c12. The summed E-state index contributed by atoms with van der Waals surface area (Å²) in [6, 6.07) is 11.6. The van der Waals surface area contributed by atoms with E-state index in [0.717, 1.165) is 28.2 Å². The maximum absolute atomic E-state index is 13.1. The Morgan fingerprint density at radius 1 is 1.24 bits per heavy atom. The highest BCUT2D eigenvalue weighted by Gasteiger charge is 2.19. The molecule has 148 valence electrons. The van der Waals surface area contributed by atoms with Crippen LogP contribution in [-0.4, -0.2) is 42.0 Å². The second-order valence-corrected chi connectivity index (χ2v) is 7.23. The number of aryl methyl sites for hydroxylation is 2. The van der Waals surface area contributed by atoms with Gasteiger partial charge in [0, 0.05) is 32.6 Å². The summed E-state index contributed by atoms with van der Waals surface area (Å²) in [7, 11) is 3.68. The van der Waals surface area contributed by atoms with Gasteiger partial charge in [-0.05, 0) is 25.2 Å². The molecule has 0 aliphatic rings. The van der Waals surface area contributed by atoms with Crippen LogP contribution in [0.15, 0.2) is 36.4 Å². The van der Waals surface area contributed by atoms with E-state index < -0.39 is 0 Å². The van der Waals surface area contributed by atoms with Gasteiger partial charge in [-0.25, -0.2) is 4.98 Å². The fraction of sp³-hybridized carbons (Fsp3) is 0.250. The highest BCUT2D eigenvalue weighted by atomic mass is 32.1. The minimum atomic E-state index is -0.164. The van der Waals surface area contributed by atoms with Gasteiger partial charge in [0.05, 0.1) is 22.3 Å². The third kappa shape index (κ3) is 3.56. The Morgan fingerprint density at radius 3 is 2.69 bits per heavy atom. The van der Waals surface area contributed by atoms with E-state index in [1.807, 2.05) is 57.4 Å². The molecule has 3 heterocycles. The van der Waals surface area contributed by atoms with Crippen molar-refractivity contribution in [2.45, 2.75) is 13.3 Å². The summed E-state index contributed by atoms with van der Waals surface area (Å²) in [4.78, 5) is 17.8. The smallest absolute Gasteiger partial charge is 0.252 e. The second-order valence-electron chi connectivity index (χ2n) is 6.84. The van der Waals surface area contributed by atoms with Crippen LogP contribution in [0.2, 0.25) is 0 Å². The standard InChI is InChI=1S/C20H21N7OS/c1-12-17-14(19(28)21-10-9-16-23-24-20(29)26(16)2)11-15(13-7-5-4-6-8-13)22-18(17)27(3)25-12/h4-8,11H,9-10H2,1-3H3,(H,21,28)(H,24,29). The molecule has 0 unspecified atom stereocenters. The molecule has 29 heavy (non-hydrogen) atoms. The van der Waals surface area contributed by atoms with Crippen molar-refractivity contribution in [2.75, 3.05) is 6.54 Å². The van der Waals surface area contributed by atoms with Gasteiger partial charge >= 0.3 is 0 Å². The zero-order chi connectivity index (χ0) is 20.5. The predicted octanol–water partition coefficient (Wildman–Crippen LogP) is 2.71. The van der Waals surface area contributed by atoms with Crippen molar-refractivity contribution in [1.29, 1.82) is 0 Å². The summed E-state index contributed by atoms with van der Waals surface area (Å²) in [5, 5.41) is 15.1. The molecule has 0 aliphatic heterocycles. The molecule has 0 saturated heterocycles. The average Bonchev–Trinajstić information content (AvgIpc) is 3.20. The van der Waals surface area contributed by atoms with Gasteiger partial charge in [-0.3, -0.25) is 14.6 Å². The lowest BCUT2D eigenvalue weighted by Gasteiger charge is -2.09. The van der Waals surface area contributed by atoms with Crippen LogP contribution in [0.4, 0.5) is 0 Å². The Bertz CT molecular complexity index is 1250. The molecule has 8 nitrogen and oxygen atoms in total. The number of aromatic amines is 1. The molecule has 4 aromatic rings. The van der Waals surface area contributed by atoms with E-state index in [1.54, 1.807) is 9.25 Å². The fourth-order valence-corrected chi connectivity index (χ4v) is 3.52. The molecule has 0 aliphatic carbocycles. The van der Waals surface area contributed by atoms with Crippen LogP contribution < -0.4 is 5.32 Å². The first-order chi connectivity index (χ1) is 14.0. The molecule has 0 fully saturated rings. The lowest BCUT2D eigenvalue weighted by molar-refractivity contribution is 0.0955. The summed E-state index contributed by atoms with van der Waals surface area (Å²) in [6.45, 7) is 2.33. The number of pyridine rings is 1. The number of benzene rings is 1. The number of fused-ring (bicyclic) bond motifs is 1. The summed E-state index contributed by atoms with van der Waals surface area (Å²) < 4.78 is 4.06. The highest BCUT2D eigenvalue weighted by molar-refractivity contribution is 7.71. The molecule has 0 radical (unpaired) electrons. The third-order valence-electron chi connectivity index (χ3n) is 4.89. The molecule has 0 bridgehead atoms. The van der Waals surface area contributed by atoms with Crippen molar-refractivity contribution in [3.8, 4) is 11.3 Å². The number of rotatable bonds is 5. The molecular formula is C20H21N7OS. The van der Waals surface area contributed by atoms with Crippen LogP contribution in [0.5, 0.6) is 0 Å². The van der Waals surface area contributed by atoms with E-state index in [-0.39, 0.29) is 5.91 Å². The van der Waals surface area contributed by atoms with E-state index in [2.05, 4.69) is 20.6 Å². The molecule has 3 aromatic heterocycles. The average molecular weight is 408 g/mol. The van der Waals surface area contributed by atoms with E-state index in [1.165, 1.54) is 0 Å². The van der Waals surface area contributed by atoms with Crippen molar-refractivity contribution in [3.05, 3.63) is 58.3 Å². The first-order valence-corrected chi connectivity index (χ1v) is 9.64. The topological polar surface area (TPSA) is 93.4 Å². The number of nitrogens with zero attached hydrogens (tertiary/aromatic N) is 5. The van der Waals surface area contributed by atoms with Crippen LogP contribution >= 0.6 is 12.2 Å². The van der Waals surface area contributed by atoms with Gasteiger partial charge in [-0.1, -0.05) is 30.3 Å². The number of amides is 1. The Hall–Kier alpha value is -3.33. The van der Waals surface area contributed by atoms with E-state index in [0.29, 0.717) is 28.9 Å². The summed E-state index contributed by atoms with van der Waals surface area (Å²) in [6.07, 6.45) is 0.571. The highest BCUT2D eigenvalue weighted by Crippen LogP contribution is 2.26. The number of carbonyl (C=O) groups excluding carboxylic acids is 1. The first kappa shape index (κ1) is 19.0. The van der Waals surface area contributed by atoms with Gasteiger partial charge in [0.15, 0.2) is 10.4 Å². The predicted molar refractivity (Wildman–Crippen MR) is 113 cm³/mol. The summed E-state index contributed by atoms with van der Waals surface area (Å²) in [5.74, 6) is 0.625. The van der Waals surface area contributed by atoms with Crippen LogP contribution in [0.25, 0.3) is 22.3 Å². The van der Waals surface area contributed by atoms with Gasteiger partial charge in [0.1, 0.15) is 5.82 Å². The van der Waals surface area contributed by atoms with Crippen molar-refractivity contribution >= 4 is 29.2 Å². The summed E-state index contributed by atoms with van der Waals surface area (Å²) in [5.41, 5.74) is 3.71. The lowest BCUT2D eigenvalue weighted by Crippen LogP contribution is -2.26. The third-order valence-corrected chi connectivity index (χ3v) is 5.25. The number of carbonyl (C=O) groups is 1. The van der Waals surface area contributed by atoms with Gasteiger partial charge in [-0.15, -0.1) is 0 Å². The van der Waals surface area contributed by atoms with Crippen molar-refractivity contribution < 1.29 is 4.79 Å². The maximum Gasteiger partial charge on any atom is 0.252 e. The summed E-state index contributed by atoms with van der Waals surface area (Å²) >= 11 is 5.12. The zero-order valence-electron chi connectivity index (χ0n) is 16.4. The Balaban J connectivity index is 1.67. The van der Waals surface area contributed by atoms with Gasteiger partial charge < -0.3 is 9.88 Å². The fourth-order valence-electron chi connectivity index (χ4n) is 3.37. The zero-order valence-corrected chi connectivity index (χ0v) is 17.2. The molecule has 4 rings (SSSR count). The second kappa shape index (κ2) is 7.59. The quantitative estimate of drug-likeness (QED) is 0.496. The molecule has 2 N–H and O–H groups in total. The first-order valence-electron chi connectivity index (χ1n) is 9.24. The monoisotopic (exact) mass is 407 g/mol. The minimum absolute atomic E-state index is 0.164. The molecule has 1 amide bonds. The molecule has 0 spiro atoms. The van der Waals surface area contributed by atoms with E-state index in [4.69, 9.17) is 17.2 Å². The van der Waals surface area contributed by atoms with Gasteiger partial charge in [-0.2, -0.15) is 10.2 Å². The molecular weight excluding hydrogens is 386 g/mol. The normalized spacial score (nSPS) is 11.1. The van der Waals surface area contributed by atoms with E-state index >= 15 is 0 Å². The largest absolute Gasteiger partial charge is 0.352 e.